The van der Waals surface area contributed by atoms with Crippen molar-refractivity contribution in [3.05, 3.63) is 27.6 Å². The van der Waals surface area contributed by atoms with Crippen LogP contribution in [-0.2, 0) is 4.79 Å². The smallest absolute Gasteiger partial charge is 0.282 e. The van der Waals surface area contributed by atoms with Crippen molar-refractivity contribution in [2.75, 3.05) is 5.32 Å². The standard InChI is InChI=1S/C14H17N3O2S/c1-9-12(13(19)17-6-7-20-14(17)15-9)16-11(18)8-10-4-2-3-5-10/h6-7,10H,2-5,8H2,1H3,(H,16,18). The molecule has 5 nitrogen and oxygen atoms in total. The van der Waals surface area contributed by atoms with Crippen LogP contribution in [-0.4, -0.2) is 15.3 Å². The number of nitrogens with zero attached hydrogens (tertiary/aromatic N) is 2. The van der Waals surface area contributed by atoms with Crippen LogP contribution < -0.4 is 10.9 Å². The van der Waals surface area contributed by atoms with Gasteiger partial charge in [0, 0.05) is 18.0 Å². The summed E-state index contributed by atoms with van der Waals surface area (Å²) in [6, 6.07) is 0. The Hall–Kier alpha value is -1.69. The molecule has 1 amide bonds. The SMILES string of the molecule is Cc1nc2sccn2c(=O)c1NC(=O)CC1CCCC1. The van der Waals surface area contributed by atoms with Gasteiger partial charge in [-0.25, -0.2) is 4.98 Å². The molecule has 0 radical (unpaired) electrons. The minimum Gasteiger partial charge on any atom is -0.320 e. The van der Waals surface area contributed by atoms with E-state index in [9.17, 15) is 9.59 Å². The molecular weight excluding hydrogens is 274 g/mol. The third kappa shape index (κ3) is 2.47. The molecule has 20 heavy (non-hydrogen) atoms. The second-order valence-corrected chi connectivity index (χ2v) is 6.21. The molecule has 2 heterocycles. The van der Waals surface area contributed by atoms with Gasteiger partial charge in [-0.2, -0.15) is 0 Å². The molecule has 0 atom stereocenters. The predicted molar refractivity (Wildman–Crippen MR) is 79.3 cm³/mol. The molecule has 1 N–H and O–H groups in total. The van der Waals surface area contributed by atoms with Gasteiger partial charge in [-0.3, -0.25) is 14.0 Å². The maximum Gasteiger partial charge on any atom is 0.282 e. The number of hydrogen-bond donors (Lipinski definition) is 1. The number of aromatic nitrogens is 2. The largest absolute Gasteiger partial charge is 0.320 e. The van der Waals surface area contributed by atoms with Gasteiger partial charge in [-0.15, -0.1) is 11.3 Å². The molecule has 2 aromatic rings. The molecule has 6 heteroatoms. The summed E-state index contributed by atoms with van der Waals surface area (Å²) in [6.45, 7) is 1.76. The van der Waals surface area contributed by atoms with Crippen molar-refractivity contribution in [2.24, 2.45) is 5.92 Å². The maximum atomic E-state index is 12.3. The summed E-state index contributed by atoms with van der Waals surface area (Å²) < 4.78 is 1.48. The summed E-state index contributed by atoms with van der Waals surface area (Å²) in [5, 5.41) is 4.57. The van der Waals surface area contributed by atoms with E-state index in [2.05, 4.69) is 10.3 Å². The predicted octanol–water partition coefficient (Wildman–Crippen LogP) is 2.58. The van der Waals surface area contributed by atoms with Crippen molar-refractivity contribution in [2.45, 2.75) is 39.0 Å². The number of carbonyl (C=O) groups excluding carboxylic acids is 1. The van der Waals surface area contributed by atoms with Crippen LogP contribution in [0.5, 0.6) is 0 Å². The van der Waals surface area contributed by atoms with E-state index in [-0.39, 0.29) is 11.5 Å². The molecule has 1 saturated carbocycles. The van der Waals surface area contributed by atoms with E-state index in [4.69, 9.17) is 0 Å². The fourth-order valence-electron chi connectivity index (χ4n) is 2.79. The molecular formula is C14H17N3O2S. The third-order valence-electron chi connectivity index (χ3n) is 3.86. The summed E-state index contributed by atoms with van der Waals surface area (Å²) in [5.41, 5.74) is 0.689. The minimum atomic E-state index is -0.200. The van der Waals surface area contributed by atoms with Crippen LogP contribution in [0, 0.1) is 12.8 Å². The summed E-state index contributed by atoms with van der Waals surface area (Å²) >= 11 is 1.41. The summed E-state index contributed by atoms with van der Waals surface area (Å²) in [7, 11) is 0. The van der Waals surface area contributed by atoms with Crippen LogP contribution in [0.1, 0.15) is 37.8 Å². The van der Waals surface area contributed by atoms with Gasteiger partial charge < -0.3 is 5.32 Å². The van der Waals surface area contributed by atoms with E-state index in [1.165, 1.54) is 28.6 Å². The molecule has 0 aliphatic heterocycles. The van der Waals surface area contributed by atoms with Crippen molar-refractivity contribution < 1.29 is 4.79 Å². The maximum absolute atomic E-state index is 12.3. The lowest BCUT2D eigenvalue weighted by molar-refractivity contribution is -0.117. The Morgan fingerprint density at radius 3 is 3.00 bits per heavy atom. The quantitative estimate of drug-likeness (QED) is 0.945. The zero-order valence-corrected chi connectivity index (χ0v) is 12.2. The van der Waals surface area contributed by atoms with Crippen molar-refractivity contribution in [3.8, 4) is 0 Å². The Bertz CT molecular complexity index is 698. The summed E-state index contributed by atoms with van der Waals surface area (Å²) in [4.78, 5) is 29.4. The second-order valence-electron chi connectivity index (χ2n) is 5.34. The van der Waals surface area contributed by atoms with E-state index < -0.39 is 0 Å². The molecule has 1 aliphatic carbocycles. The molecule has 3 rings (SSSR count). The van der Waals surface area contributed by atoms with Crippen LogP contribution in [0.25, 0.3) is 4.96 Å². The number of carbonyl (C=O) groups is 1. The Labute approximate surface area is 120 Å². The monoisotopic (exact) mass is 291 g/mol. The number of thiazole rings is 1. The van der Waals surface area contributed by atoms with Gasteiger partial charge in [-0.05, 0) is 25.7 Å². The van der Waals surface area contributed by atoms with Crippen molar-refractivity contribution in [1.29, 1.82) is 0 Å². The molecule has 0 bridgehead atoms. The number of nitrogens with one attached hydrogen (secondary N) is 1. The first kappa shape index (κ1) is 13.3. The molecule has 106 valence electrons. The Morgan fingerprint density at radius 1 is 1.50 bits per heavy atom. The van der Waals surface area contributed by atoms with E-state index >= 15 is 0 Å². The van der Waals surface area contributed by atoms with Crippen molar-refractivity contribution in [1.82, 2.24) is 9.38 Å². The second kappa shape index (κ2) is 5.36. The lowest BCUT2D eigenvalue weighted by Gasteiger charge is -2.10. The van der Waals surface area contributed by atoms with Crippen LogP contribution in [0.2, 0.25) is 0 Å². The highest BCUT2D eigenvalue weighted by Gasteiger charge is 2.20. The van der Waals surface area contributed by atoms with E-state index in [0.717, 1.165) is 12.8 Å². The van der Waals surface area contributed by atoms with Crippen LogP contribution in [0.3, 0.4) is 0 Å². The highest BCUT2D eigenvalue weighted by Crippen LogP contribution is 2.27. The number of rotatable bonds is 3. The summed E-state index contributed by atoms with van der Waals surface area (Å²) in [6.07, 6.45) is 6.84. The molecule has 2 aromatic heterocycles. The molecule has 0 saturated heterocycles. The number of fused-ring (bicyclic) bond motifs is 1. The molecule has 0 aromatic carbocycles. The number of amides is 1. The number of aryl methyl sites for hydroxylation is 1. The average molecular weight is 291 g/mol. The normalized spacial score (nSPS) is 15.8. The third-order valence-corrected chi connectivity index (χ3v) is 4.62. The Morgan fingerprint density at radius 2 is 2.25 bits per heavy atom. The zero-order chi connectivity index (χ0) is 14.1. The Balaban J connectivity index is 1.82. The van der Waals surface area contributed by atoms with Crippen LogP contribution >= 0.6 is 11.3 Å². The molecule has 0 spiro atoms. The average Bonchev–Trinajstić information content (AvgIpc) is 3.05. The van der Waals surface area contributed by atoms with Crippen LogP contribution in [0.15, 0.2) is 16.4 Å². The molecule has 1 fully saturated rings. The Kier molecular flexibility index (Phi) is 3.56. The van der Waals surface area contributed by atoms with Gasteiger partial charge in [-0.1, -0.05) is 12.8 Å². The van der Waals surface area contributed by atoms with Gasteiger partial charge in [0.2, 0.25) is 5.91 Å². The minimum absolute atomic E-state index is 0.0749. The van der Waals surface area contributed by atoms with Gasteiger partial charge in [0.15, 0.2) is 4.96 Å². The lowest BCUT2D eigenvalue weighted by Crippen LogP contribution is -2.25. The van der Waals surface area contributed by atoms with Crippen LogP contribution in [0.4, 0.5) is 5.69 Å². The van der Waals surface area contributed by atoms with Gasteiger partial charge >= 0.3 is 0 Å². The lowest BCUT2D eigenvalue weighted by atomic mass is 10.0. The van der Waals surface area contributed by atoms with Crippen molar-refractivity contribution >= 4 is 27.9 Å². The topological polar surface area (TPSA) is 63.5 Å². The first-order valence-corrected chi connectivity index (χ1v) is 7.79. The van der Waals surface area contributed by atoms with Gasteiger partial charge in [0.05, 0.1) is 5.69 Å². The highest BCUT2D eigenvalue weighted by atomic mass is 32.1. The van der Waals surface area contributed by atoms with Gasteiger partial charge in [0.1, 0.15) is 5.69 Å². The molecule has 0 unspecified atom stereocenters. The first-order chi connectivity index (χ1) is 9.65. The van der Waals surface area contributed by atoms with Gasteiger partial charge in [0.25, 0.3) is 5.56 Å². The fraction of sp³-hybridized carbons (Fsp3) is 0.500. The first-order valence-electron chi connectivity index (χ1n) is 6.91. The number of anilines is 1. The van der Waals surface area contributed by atoms with E-state index in [1.807, 2.05) is 5.38 Å². The molecule has 1 aliphatic rings. The van der Waals surface area contributed by atoms with E-state index in [1.54, 1.807) is 13.1 Å². The highest BCUT2D eigenvalue weighted by molar-refractivity contribution is 7.15. The fourth-order valence-corrected chi connectivity index (χ4v) is 3.54. The zero-order valence-electron chi connectivity index (χ0n) is 11.4. The van der Waals surface area contributed by atoms with E-state index in [0.29, 0.717) is 28.7 Å². The van der Waals surface area contributed by atoms with Crippen molar-refractivity contribution in [3.63, 3.8) is 0 Å². The summed E-state index contributed by atoms with van der Waals surface area (Å²) in [5.74, 6) is 0.393. The number of hydrogen-bond acceptors (Lipinski definition) is 4.